The van der Waals surface area contributed by atoms with Crippen LogP contribution in [0.15, 0.2) is 29.3 Å². The zero-order valence-corrected chi connectivity index (χ0v) is 19.2. The third-order valence-electron chi connectivity index (χ3n) is 7.26. The first-order valence-electron chi connectivity index (χ1n) is 11.8. The van der Waals surface area contributed by atoms with E-state index in [1.165, 1.54) is 10.6 Å². The van der Waals surface area contributed by atoms with E-state index in [4.69, 9.17) is 0 Å². The molecule has 1 saturated heterocycles. The molecular weight excluding hydrogens is 438 g/mol. The summed E-state index contributed by atoms with van der Waals surface area (Å²) in [6.07, 6.45) is 6.61. The average molecular weight is 468 g/mol. The number of hydrogen-bond donors (Lipinski definition) is 1. The molecule has 2 aliphatic heterocycles. The van der Waals surface area contributed by atoms with Crippen LogP contribution in [0.25, 0.3) is 0 Å². The smallest absolute Gasteiger partial charge is 0.263 e. The molecule has 0 aromatic carbocycles. The zero-order chi connectivity index (χ0) is 23.8. The van der Waals surface area contributed by atoms with Crippen LogP contribution in [0.3, 0.4) is 0 Å². The van der Waals surface area contributed by atoms with Gasteiger partial charge in [0.2, 0.25) is 11.8 Å². The molecule has 180 valence electrons. The van der Waals surface area contributed by atoms with Crippen molar-refractivity contribution in [3.63, 3.8) is 0 Å². The van der Waals surface area contributed by atoms with Crippen LogP contribution in [0.4, 0.5) is 0 Å². The van der Waals surface area contributed by atoms with E-state index in [9.17, 15) is 19.2 Å². The van der Waals surface area contributed by atoms with Gasteiger partial charge < -0.3 is 19.7 Å². The van der Waals surface area contributed by atoms with E-state index in [1.807, 2.05) is 4.90 Å². The molecule has 2 aromatic rings. The Morgan fingerprint density at radius 1 is 1.18 bits per heavy atom. The van der Waals surface area contributed by atoms with Gasteiger partial charge in [-0.25, -0.2) is 4.68 Å². The number of amides is 3. The Bertz CT molecular complexity index is 1170. The third kappa shape index (κ3) is 4.22. The molecular formula is C23H29N7O4. The van der Waals surface area contributed by atoms with Crippen LogP contribution in [-0.4, -0.2) is 80.3 Å². The highest BCUT2D eigenvalue weighted by molar-refractivity contribution is 5.93. The van der Waals surface area contributed by atoms with Crippen molar-refractivity contribution in [2.75, 3.05) is 33.2 Å². The maximum Gasteiger partial charge on any atom is 0.263 e. The summed E-state index contributed by atoms with van der Waals surface area (Å²) in [5.41, 5.74) is 0.191. The van der Waals surface area contributed by atoms with Crippen LogP contribution in [-0.2, 0) is 16.1 Å². The molecule has 2 aromatic heterocycles. The van der Waals surface area contributed by atoms with Crippen molar-refractivity contribution in [2.24, 2.45) is 11.8 Å². The van der Waals surface area contributed by atoms with Crippen molar-refractivity contribution < 1.29 is 14.4 Å². The lowest BCUT2D eigenvalue weighted by Gasteiger charge is -2.29. The number of pyridine rings is 1. The van der Waals surface area contributed by atoms with Crippen molar-refractivity contribution in [3.05, 3.63) is 46.1 Å². The second-order valence-corrected chi connectivity index (χ2v) is 9.52. The second kappa shape index (κ2) is 9.03. The zero-order valence-electron chi connectivity index (χ0n) is 19.2. The lowest BCUT2D eigenvalue weighted by atomic mass is 9.84. The molecule has 0 spiro atoms. The summed E-state index contributed by atoms with van der Waals surface area (Å²) < 4.78 is 3.16. The molecule has 2 atom stereocenters. The number of carbonyl (C=O) groups is 3. The SMILES string of the molecule is CN1CCNC(=O)c2cccn(c2=O)Cc2cn(nn2)[C@@H]2CN(C(=O)C3CCC3)C[C@@H]2CC1=O. The molecule has 1 N–H and O–H groups in total. The molecule has 3 amide bonds. The van der Waals surface area contributed by atoms with Crippen molar-refractivity contribution in [1.82, 2.24) is 34.7 Å². The predicted molar refractivity (Wildman–Crippen MR) is 121 cm³/mol. The molecule has 4 heterocycles. The Labute approximate surface area is 196 Å². The monoisotopic (exact) mass is 467 g/mol. The van der Waals surface area contributed by atoms with Crippen LogP contribution in [0.5, 0.6) is 0 Å². The van der Waals surface area contributed by atoms with Gasteiger partial charge in [0.15, 0.2) is 0 Å². The first kappa shape index (κ1) is 22.3. The third-order valence-corrected chi connectivity index (χ3v) is 7.26. The van der Waals surface area contributed by atoms with E-state index in [1.54, 1.807) is 35.1 Å². The van der Waals surface area contributed by atoms with Crippen LogP contribution in [0.1, 0.15) is 47.8 Å². The van der Waals surface area contributed by atoms with Crippen molar-refractivity contribution in [3.8, 4) is 0 Å². The molecule has 3 aliphatic rings. The molecule has 5 rings (SSSR count). The number of carbonyl (C=O) groups excluding carboxylic acids is 3. The Morgan fingerprint density at radius 2 is 2.00 bits per heavy atom. The number of likely N-dealkylation sites (tertiary alicyclic amines) is 1. The van der Waals surface area contributed by atoms with Gasteiger partial charge in [0.05, 0.1) is 18.8 Å². The fourth-order valence-electron chi connectivity index (χ4n) is 4.94. The molecule has 0 unspecified atom stereocenters. The first-order valence-corrected chi connectivity index (χ1v) is 11.8. The summed E-state index contributed by atoms with van der Waals surface area (Å²) in [6, 6.07) is 2.97. The molecule has 0 radical (unpaired) electrons. The van der Waals surface area contributed by atoms with Crippen molar-refractivity contribution in [1.29, 1.82) is 0 Å². The van der Waals surface area contributed by atoms with Gasteiger partial charge in [-0.3, -0.25) is 19.2 Å². The fraction of sp³-hybridized carbons (Fsp3) is 0.565. The van der Waals surface area contributed by atoms with Gasteiger partial charge in [0, 0.05) is 57.7 Å². The number of nitrogens with zero attached hydrogens (tertiary/aromatic N) is 6. The first-order chi connectivity index (χ1) is 16.4. The maximum atomic E-state index is 13.0. The normalized spacial score (nSPS) is 23.9. The molecule has 11 heteroatoms. The largest absolute Gasteiger partial charge is 0.350 e. The highest BCUT2D eigenvalue weighted by Gasteiger charge is 2.41. The summed E-state index contributed by atoms with van der Waals surface area (Å²) in [4.78, 5) is 54.8. The van der Waals surface area contributed by atoms with Gasteiger partial charge in [-0.05, 0) is 25.0 Å². The fourth-order valence-corrected chi connectivity index (χ4v) is 4.94. The number of aromatic nitrogens is 4. The number of nitrogens with one attached hydrogen (secondary N) is 1. The summed E-state index contributed by atoms with van der Waals surface area (Å²) in [5.74, 6) is -0.374. The van der Waals surface area contributed by atoms with E-state index >= 15 is 0 Å². The molecule has 4 bridgehead atoms. The van der Waals surface area contributed by atoms with Crippen molar-refractivity contribution in [2.45, 2.75) is 38.3 Å². The Balaban J connectivity index is 1.46. The molecule has 34 heavy (non-hydrogen) atoms. The van der Waals surface area contributed by atoms with Gasteiger partial charge in [0.25, 0.3) is 11.5 Å². The van der Waals surface area contributed by atoms with E-state index in [0.29, 0.717) is 25.3 Å². The lowest BCUT2D eigenvalue weighted by molar-refractivity contribution is -0.137. The summed E-state index contributed by atoms with van der Waals surface area (Å²) in [5, 5.41) is 11.3. The summed E-state index contributed by atoms with van der Waals surface area (Å²) in [7, 11) is 1.70. The van der Waals surface area contributed by atoms with Gasteiger partial charge >= 0.3 is 0 Å². The van der Waals surface area contributed by atoms with E-state index in [-0.39, 0.29) is 54.8 Å². The second-order valence-electron chi connectivity index (χ2n) is 9.52. The minimum atomic E-state index is -0.475. The molecule has 1 aliphatic carbocycles. The number of fused-ring (bicyclic) bond motifs is 6. The number of hydrogen-bond acceptors (Lipinski definition) is 6. The van der Waals surface area contributed by atoms with Gasteiger partial charge in [-0.15, -0.1) is 5.10 Å². The molecule has 2 fully saturated rings. The van der Waals surface area contributed by atoms with Gasteiger partial charge in [-0.2, -0.15) is 0 Å². The minimum Gasteiger partial charge on any atom is -0.350 e. The maximum absolute atomic E-state index is 13.0. The number of likely N-dealkylation sites (N-methyl/N-ethyl adjacent to an activating group) is 1. The van der Waals surface area contributed by atoms with Gasteiger partial charge in [0.1, 0.15) is 11.3 Å². The Kier molecular flexibility index (Phi) is 5.93. The quantitative estimate of drug-likeness (QED) is 0.624. The van der Waals surface area contributed by atoms with Crippen LogP contribution < -0.4 is 10.9 Å². The Morgan fingerprint density at radius 3 is 2.76 bits per heavy atom. The van der Waals surface area contributed by atoms with E-state index in [0.717, 1.165) is 19.3 Å². The standard InChI is InChI=1S/C23H29N7O4/c1-27-9-7-24-21(32)18-6-3-8-28(23(18)34)12-17-13-30(26-25-17)19-14-29(11-16(19)10-20(27)31)22(33)15-4-2-5-15/h3,6,8,13,15-16,19H,2,4-5,7,9-12,14H2,1H3,(H,24,32)/t16-,19+/m0/s1. The highest BCUT2D eigenvalue weighted by atomic mass is 16.2. The van der Waals surface area contributed by atoms with Gasteiger partial charge in [-0.1, -0.05) is 11.6 Å². The summed E-state index contributed by atoms with van der Waals surface area (Å²) >= 11 is 0. The predicted octanol–water partition coefficient (Wildman–Crippen LogP) is -0.120. The average Bonchev–Trinajstić information content (AvgIpc) is 3.40. The van der Waals surface area contributed by atoms with Crippen LogP contribution in [0.2, 0.25) is 0 Å². The van der Waals surface area contributed by atoms with E-state index in [2.05, 4.69) is 15.6 Å². The topological polar surface area (TPSA) is 122 Å². The van der Waals surface area contributed by atoms with E-state index < -0.39 is 11.5 Å². The molecule has 1 saturated carbocycles. The molecule has 11 nitrogen and oxygen atoms in total. The Hall–Kier alpha value is -3.50. The minimum absolute atomic E-state index is 0.0389. The van der Waals surface area contributed by atoms with Crippen LogP contribution in [0, 0.1) is 11.8 Å². The van der Waals surface area contributed by atoms with Crippen LogP contribution >= 0.6 is 0 Å². The lowest BCUT2D eigenvalue weighted by Crippen LogP contribution is -2.39. The van der Waals surface area contributed by atoms with Crippen molar-refractivity contribution >= 4 is 17.7 Å². The highest BCUT2D eigenvalue weighted by Crippen LogP contribution is 2.35. The summed E-state index contributed by atoms with van der Waals surface area (Å²) in [6.45, 7) is 1.72. The number of rotatable bonds is 1.